The van der Waals surface area contributed by atoms with Gasteiger partial charge in [0.25, 0.3) is 5.91 Å². The second-order valence-corrected chi connectivity index (χ2v) is 6.88. The summed E-state index contributed by atoms with van der Waals surface area (Å²) >= 11 is 5.96. The number of pyridine rings is 1. The number of anilines is 2. The van der Waals surface area contributed by atoms with Gasteiger partial charge in [0.2, 0.25) is 0 Å². The van der Waals surface area contributed by atoms with E-state index < -0.39 is 0 Å². The van der Waals surface area contributed by atoms with Gasteiger partial charge in [-0.3, -0.25) is 9.69 Å². The highest BCUT2D eigenvalue weighted by Gasteiger charge is 2.38. The van der Waals surface area contributed by atoms with Crippen LogP contribution in [0.2, 0.25) is 5.02 Å². The van der Waals surface area contributed by atoms with Crippen LogP contribution in [0.5, 0.6) is 0 Å². The molecule has 0 bridgehead atoms. The Morgan fingerprint density at radius 1 is 1.04 bits per heavy atom. The van der Waals surface area contributed by atoms with Crippen LogP contribution >= 0.6 is 11.6 Å². The van der Waals surface area contributed by atoms with Gasteiger partial charge < -0.3 is 5.32 Å². The lowest BCUT2D eigenvalue weighted by Crippen LogP contribution is -2.32. The summed E-state index contributed by atoms with van der Waals surface area (Å²) in [7, 11) is 0. The molecule has 1 aromatic heterocycles. The fourth-order valence-corrected chi connectivity index (χ4v) is 3.31. The van der Waals surface area contributed by atoms with Crippen molar-refractivity contribution in [2.45, 2.75) is 20.0 Å². The second kappa shape index (κ2) is 6.46. The average molecular weight is 364 g/mol. The van der Waals surface area contributed by atoms with Crippen LogP contribution in [-0.4, -0.2) is 10.9 Å². The number of nitrogens with zero attached hydrogens (tertiary/aromatic N) is 2. The van der Waals surface area contributed by atoms with E-state index in [0.717, 1.165) is 11.3 Å². The van der Waals surface area contributed by atoms with Crippen LogP contribution in [0.3, 0.4) is 0 Å². The molecule has 1 atom stereocenters. The molecule has 26 heavy (non-hydrogen) atoms. The summed E-state index contributed by atoms with van der Waals surface area (Å²) < 4.78 is 0. The van der Waals surface area contributed by atoms with E-state index in [1.807, 2.05) is 30.3 Å². The molecule has 4 rings (SSSR count). The molecular weight excluding hydrogens is 346 g/mol. The SMILES string of the molecule is Cc1ccc(N[C@H]2c3ccccc3C(=O)N2c2ccc(Cl)cn2)cc1C. The number of fused-ring (bicyclic) bond motifs is 1. The molecule has 130 valence electrons. The minimum Gasteiger partial charge on any atom is -0.361 e. The molecule has 1 amide bonds. The first kappa shape index (κ1) is 16.6. The van der Waals surface area contributed by atoms with Gasteiger partial charge in [-0.2, -0.15) is 0 Å². The maximum absolute atomic E-state index is 13.0. The molecule has 1 N–H and O–H groups in total. The van der Waals surface area contributed by atoms with Crippen molar-refractivity contribution >= 4 is 29.0 Å². The number of nitrogens with one attached hydrogen (secondary N) is 1. The van der Waals surface area contributed by atoms with Crippen molar-refractivity contribution in [2.24, 2.45) is 0 Å². The summed E-state index contributed by atoms with van der Waals surface area (Å²) in [5.41, 5.74) is 5.01. The number of benzene rings is 2. The Kier molecular flexibility index (Phi) is 4.13. The molecule has 0 radical (unpaired) electrons. The van der Waals surface area contributed by atoms with Gasteiger partial charge in [-0.15, -0.1) is 0 Å². The molecule has 2 aromatic carbocycles. The summed E-state index contributed by atoms with van der Waals surface area (Å²) in [4.78, 5) is 19.0. The summed E-state index contributed by atoms with van der Waals surface area (Å²) in [5, 5.41) is 4.03. The van der Waals surface area contributed by atoms with Crippen LogP contribution in [0.25, 0.3) is 0 Å². The summed E-state index contributed by atoms with van der Waals surface area (Å²) in [6, 6.07) is 17.3. The second-order valence-electron chi connectivity index (χ2n) is 6.44. The molecule has 0 spiro atoms. The Bertz CT molecular complexity index is 985. The van der Waals surface area contributed by atoms with E-state index in [4.69, 9.17) is 11.6 Å². The monoisotopic (exact) mass is 363 g/mol. The first-order valence-corrected chi connectivity index (χ1v) is 8.80. The number of amides is 1. The van der Waals surface area contributed by atoms with Crippen molar-refractivity contribution in [3.8, 4) is 0 Å². The zero-order valence-electron chi connectivity index (χ0n) is 14.5. The van der Waals surface area contributed by atoms with Crippen LogP contribution in [-0.2, 0) is 0 Å². The Hall–Kier alpha value is -2.85. The van der Waals surface area contributed by atoms with Crippen molar-refractivity contribution in [3.05, 3.63) is 88.1 Å². The minimum atomic E-state index is -0.325. The summed E-state index contributed by atoms with van der Waals surface area (Å²) in [5.74, 6) is 0.494. The van der Waals surface area contributed by atoms with Gasteiger partial charge in [0.1, 0.15) is 12.0 Å². The predicted octanol–water partition coefficient (Wildman–Crippen LogP) is 5.12. The summed E-state index contributed by atoms with van der Waals surface area (Å²) in [6.45, 7) is 4.16. The van der Waals surface area contributed by atoms with E-state index >= 15 is 0 Å². The van der Waals surface area contributed by atoms with Gasteiger partial charge in [-0.05, 0) is 55.3 Å². The maximum atomic E-state index is 13.0. The number of aromatic nitrogens is 1. The van der Waals surface area contributed by atoms with Crippen LogP contribution in [0.15, 0.2) is 60.8 Å². The molecular formula is C21H18ClN3O. The number of carbonyl (C=O) groups is 1. The molecule has 3 aromatic rings. The molecule has 1 aliphatic rings. The average Bonchev–Trinajstić information content (AvgIpc) is 2.92. The molecule has 1 aliphatic heterocycles. The minimum absolute atomic E-state index is 0.0724. The van der Waals surface area contributed by atoms with E-state index in [2.05, 4.69) is 36.3 Å². The molecule has 0 unspecified atom stereocenters. The predicted molar refractivity (Wildman–Crippen MR) is 105 cm³/mol. The van der Waals surface area contributed by atoms with E-state index in [-0.39, 0.29) is 12.1 Å². The third kappa shape index (κ3) is 2.82. The zero-order chi connectivity index (χ0) is 18.3. The quantitative estimate of drug-likeness (QED) is 0.702. The Labute approximate surface area is 157 Å². The van der Waals surface area contributed by atoms with Gasteiger partial charge in [0.05, 0.1) is 5.02 Å². The van der Waals surface area contributed by atoms with Crippen LogP contribution in [0.4, 0.5) is 11.5 Å². The van der Waals surface area contributed by atoms with Crippen LogP contribution < -0.4 is 10.2 Å². The van der Waals surface area contributed by atoms with E-state index in [1.54, 1.807) is 23.2 Å². The standard InChI is InChI=1S/C21H18ClN3O/c1-13-7-9-16(11-14(13)2)24-20-17-5-3-4-6-18(17)21(26)25(20)19-10-8-15(22)12-23-19/h3-12,20,24H,1-2H3/t20-/m1/s1. The third-order valence-electron chi connectivity index (χ3n) is 4.73. The highest BCUT2D eigenvalue weighted by Crippen LogP contribution is 2.37. The van der Waals surface area contributed by atoms with Gasteiger partial charge in [-0.1, -0.05) is 35.9 Å². The van der Waals surface area contributed by atoms with Crippen molar-refractivity contribution in [1.82, 2.24) is 4.98 Å². The lowest BCUT2D eigenvalue weighted by atomic mass is 10.1. The van der Waals surface area contributed by atoms with Gasteiger partial charge in [0, 0.05) is 23.0 Å². The first-order chi connectivity index (χ1) is 12.5. The highest BCUT2D eigenvalue weighted by molar-refractivity contribution is 6.30. The number of halogens is 1. The maximum Gasteiger partial charge on any atom is 0.261 e. The first-order valence-electron chi connectivity index (χ1n) is 8.42. The molecule has 0 saturated carbocycles. The molecule has 2 heterocycles. The summed E-state index contributed by atoms with van der Waals surface area (Å²) in [6.07, 6.45) is 1.23. The highest BCUT2D eigenvalue weighted by atomic mass is 35.5. The Morgan fingerprint density at radius 2 is 1.85 bits per heavy atom. The van der Waals surface area contributed by atoms with E-state index in [9.17, 15) is 4.79 Å². The Morgan fingerprint density at radius 3 is 2.58 bits per heavy atom. The molecule has 5 heteroatoms. The smallest absolute Gasteiger partial charge is 0.261 e. The number of aryl methyl sites for hydroxylation is 2. The zero-order valence-corrected chi connectivity index (χ0v) is 15.3. The number of rotatable bonds is 3. The number of hydrogen-bond donors (Lipinski definition) is 1. The van der Waals surface area contributed by atoms with Gasteiger partial charge in [-0.25, -0.2) is 4.98 Å². The molecule has 0 aliphatic carbocycles. The fraction of sp³-hybridized carbons (Fsp3) is 0.143. The molecule has 0 fully saturated rings. The molecule has 0 saturated heterocycles. The topological polar surface area (TPSA) is 45.2 Å². The lowest BCUT2D eigenvalue weighted by Gasteiger charge is -2.26. The molecule has 4 nitrogen and oxygen atoms in total. The third-order valence-corrected chi connectivity index (χ3v) is 4.96. The van der Waals surface area contributed by atoms with E-state index in [0.29, 0.717) is 16.4 Å². The lowest BCUT2D eigenvalue weighted by molar-refractivity contribution is 0.0992. The van der Waals surface area contributed by atoms with Crippen LogP contribution in [0.1, 0.15) is 33.2 Å². The van der Waals surface area contributed by atoms with Crippen molar-refractivity contribution < 1.29 is 4.79 Å². The Balaban J connectivity index is 1.77. The van der Waals surface area contributed by atoms with Gasteiger partial charge >= 0.3 is 0 Å². The van der Waals surface area contributed by atoms with Gasteiger partial charge in [0.15, 0.2) is 0 Å². The van der Waals surface area contributed by atoms with Crippen molar-refractivity contribution in [2.75, 3.05) is 10.2 Å². The van der Waals surface area contributed by atoms with Crippen molar-refractivity contribution in [3.63, 3.8) is 0 Å². The van der Waals surface area contributed by atoms with E-state index in [1.165, 1.54) is 11.1 Å². The van der Waals surface area contributed by atoms with Crippen molar-refractivity contribution in [1.29, 1.82) is 0 Å². The number of carbonyl (C=O) groups excluding carboxylic acids is 1. The largest absolute Gasteiger partial charge is 0.361 e. The normalized spacial score (nSPS) is 15.9. The fourth-order valence-electron chi connectivity index (χ4n) is 3.19. The number of hydrogen-bond acceptors (Lipinski definition) is 3. The van der Waals surface area contributed by atoms with Crippen LogP contribution in [0, 0.1) is 13.8 Å².